The average molecular weight is 285 g/mol. The number of carbonyl (C=O) groups excluding carboxylic acids is 1. The van der Waals surface area contributed by atoms with Crippen LogP contribution in [-0.4, -0.2) is 55.7 Å². The van der Waals surface area contributed by atoms with Crippen molar-refractivity contribution in [2.75, 3.05) is 39.4 Å². The normalized spacial score (nSPS) is 19.9. The molecule has 1 amide bonds. The fraction of sp³-hybridized carbons (Fsp3) is 0.933. The number of morpholine rings is 1. The molecule has 1 aliphatic heterocycles. The molecule has 5 heteroatoms. The summed E-state index contributed by atoms with van der Waals surface area (Å²) in [4.78, 5) is 14.7. The van der Waals surface area contributed by atoms with Crippen molar-refractivity contribution in [3.05, 3.63) is 0 Å². The van der Waals surface area contributed by atoms with Gasteiger partial charge in [-0.2, -0.15) is 0 Å². The van der Waals surface area contributed by atoms with Gasteiger partial charge in [-0.05, 0) is 26.7 Å². The van der Waals surface area contributed by atoms with Crippen LogP contribution >= 0.6 is 0 Å². The first kappa shape index (κ1) is 17.4. The fourth-order valence-corrected chi connectivity index (χ4v) is 2.75. The molecule has 0 unspecified atom stereocenters. The highest BCUT2D eigenvalue weighted by Crippen LogP contribution is 2.25. The lowest BCUT2D eigenvalue weighted by atomic mass is 9.81. The molecule has 118 valence electrons. The number of ether oxygens (including phenoxy) is 1. The number of nitrogens with two attached hydrogens (primary N) is 1. The third-order valence-electron chi connectivity index (χ3n) is 4.71. The molecule has 3 N–H and O–H groups in total. The van der Waals surface area contributed by atoms with E-state index in [0.717, 1.165) is 39.1 Å². The lowest BCUT2D eigenvalue weighted by molar-refractivity contribution is -0.131. The highest BCUT2D eigenvalue weighted by atomic mass is 16.5. The Kier molecular flexibility index (Phi) is 6.43. The maximum atomic E-state index is 12.3. The largest absolute Gasteiger partial charge is 0.378 e. The molecule has 0 spiro atoms. The van der Waals surface area contributed by atoms with E-state index in [-0.39, 0.29) is 11.4 Å². The molecule has 20 heavy (non-hydrogen) atoms. The summed E-state index contributed by atoms with van der Waals surface area (Å²) in [6, 6.07) is 0. The van der Waals surface area contributed by atoms with Crippen molar-refractivity contribution in [3.63, 3.8) is 0 Å². The number of nitrogens with zero attached hydrogens (tertiary/aromatic N) is 1. The van der Waals surface area contributed by atoms with E-state index in [9.17, 15) is 4.79 Å². The molecule has 1 rings (SSSR count). The molecule has 0 aromatic rings. The van der Waals surface area contributed by atoms with Crippen LogP contribution in [0.1, 0.15) is 40.5 Å². The van der Waals surface area contributed by atoms with E-state index in [1.54, 1.807) is 0 Å². The topological polar surface area (TPSA) is 67.6 Å². The summed E-state index contributed by atoms with van der Waals surface area (Å²) >= 11 is 0. The van der Waals surface area contributed by atoms with Gasteiger partial charge < -0.3 is 15.8 Å². The molecule has 0 bridgehead atoms. The lowest BCUT2D eigenvalue weighted by Gasteiger charge is -2.42. The Balaban J connectivity index is 2.45. The van der Waals surface area contributed by atoms with Gasteiger partial charge in [-0.1, -0.05) is 13.8 Å². The van der Waals surface area contributed by atoms with E-state index in [1.165, 1.54) is 0 Å². The van der Waals surface area contributed by atoms with Crippen molar-refractivity contribution < 1.29 is 9.53 Å². The van der Waals surface area contributed by atoms with Crippen LogP contribution in [0.5, 0.6) is 0 Å². The Morgan fingerprint density at radius 3 is 2.55 bits per heavy atom. The van der Waals surface area contributed by atoms with E-state index in [4.69, 9.17) is 10.5 Å². The van der Waals surface area contributed by atoms with Crippen molar-refractivity contribution in [1.29, 1.82) is 0 Å². The van der Waals surface area contributed by atoms with Gasteiger partial charge in [-0.25, -0.2) is 0 Å². The summed E-state index contributed by atoms with van der Waals surface area (Å²) in [5.74, 6) is 0.0936. The maximum Gasteiger partial charge on any atom is 0.227 e. The van der Waals surface area contributed by atoms with Gasteiger partial charge in [0.2, 0.25) is 5.91 Å². The Morgan fingerprint density at radius 1 is 1.40 bits per heavy atom. The van der Waals surface area contributed by atoms with Gasteiger partial charge >= 0.3 is 0 Å². The number of nitrogens with one attached hydrogen (secondary N) is 1. The summed E-state index contributed by atoms with van der Waals surface area (Å²) in [6.07, 6.45) is 1.57. The molecular formula is C15H31N3O2. The highest BCUT2D eigenvalue weighted by Gasteiger charge is 2.34. The predicted octanol–water partition coefficient (Wildman–Crippen LogP) is 0.979. The number of amides is 1. The minimum Gasteiger partial charge on any atom is -0.378 e. The molecule has 0 aromatic carbocycles. The minimum absolute atomic E-state index is 0.0451. The molecule has 0 aliphatic carbocycles. The zero-order valence-electron chi connectivity index (χ0n) is 13.5. The van der Waals surface area contributed by atoms with Crippen molar-refractivity contribution in [1.82, 2.24) is 10.2 Å². The number of hydrogen-bond donors (Lipinski definition) is 2. The summed E-state index contributed by atoms with van der Waals surface area (Å²) in [7, 11) is 0. The maximum absolute atomic E-state index is 12.3. The molecule has 0 aromatic heterocycles. The lowest BCUT2D eigenvalue weighted by Crippen LogP contribution is -2.55. The Hall–Kier alpha value is -0.650. The van der Waals surface area contributed by atoms with E-state index in [0.29, 0.717) is 13.1 Å². The second kappa shape index (κ2) is 7.38. The zero-order valence-corrected chi connectivity index (χ0v) is 13.5. The molecular weight excluding hydrogens is 254 g/mol. The van der Waals surface area contributed by atoms with Crippen LogP contribution < -0.4 is 11.1 Å². The molecule has 1 heterocycles. The Bertz CT molecular complexity index is 306. The van der Waals surface area contributed by atoms with E-state index < -0.39 is 5.41 Å². The fourth-order valence-electron chi connectivity index (χ4n) is 2.75. The molecule has 5 nitrogen and oxygen atoms in total. The summed E-state index contributed by atoms with van der Waals surface area (Å²) < 4.78 is 5.50. The van der Waals surface area contributed by atoms with Crippen LogP contribution in [0, 0.1) is 5.41 Å². The van der Waals surface area contributed by atoms with Crippen LogP contribution in [0.4, 0.5) is 0 Å². The third kappa shape index (κ3) is 3.93. The first-order valence-corrected chi connectivity index (χ1v) is 7.73. The smallest absolute Gasteiger partial charge is 0.227 e. The molecule has 1 fully saturated rings. The number of carbonyl (C=O) groups is 1. The van der Waals surface area contributed by atoms with Crippen LogP contribution in [-0.2, 0) is 9.53 Å². The van der Waals surface area contributed by atoms with Gasteiger partial charge in [0.1, 0.15) is 0 Å². The van der Waals surface area contributed by atoms with E-state index in [2.05, 4.69) is 24.1 Å². The van der Waals surface area contributed by atoms with Crippen molar-refractivity contribution >= 4 is 5.91 Å². The molecule has 1 aliphatic rings. The van der Waals surface area contributed by atoms with Gasteiger partial charge in [0, 0.05) is 31.7 Å². The van der Waals surface area contributed by atoms with Crippen LogP contribution in [0.3, 0.4) is 0 Å². The SMILES string of the molecule is CCC(CC)(CN)C(=O)NCCN1CCOCC1(C)C. The predicted molar refractivity (Wildman–Crippen MR) is 81.6 cm³/mol. The summed E-state index contributed by atoms with van der Waals surface area (Å²) in [5.41, 5.74) is 5.44. The van der Waals surface area contributed by atoms with E-state index >= 15 is 0 Å². The summed E-state index contributed by atoms with van der Waals surface area (Å²) in [6.45, 7) is 12.8. The van der Waals surface area contributed by atoms with Gasteiger partial charge in [0.15, 0.2) is 0 Å². The van der Waals surface area contributed by atoms with Gasteiger partial charge in [0.05, 0.1) is 18.6 Å². The van der Waals surface area contributed by atoms with Crippen LogP contribution in [0.25, 0.3) is 0 Å². The van der Waals surface area contributed by atoms with Crippen LogP contribution in [0.15, 0.2) is 0 Å². The van der Waals surface area contributed by atoms with Crippen LogP contribution in [0.2, 0.25) is 0 Å². The second-order valence-electron chi connectivity index (χ2n) is 6.30. The molecule has 0 atom stereocenters. The highest BCUT2D eigenvalue weighted by molar-refractivity contribution is 5.82. The second-order valence-corrected chi connectivity index (χ2v) is 6.30. The first-order chi connectivity index (χ1) is 9.41. The Labute approximate surface area is 123 Å². The van der Waals surface area contributed by atoms with Gasteiger partial charge in [-0.15, -0.1) is 0 Å². The van der Waals surface area contributed by atoms with Crippen molar-refractivity contribution in [2.45, 2.75) is 46.1 Å². The standard InChI is InChI=1S/C15H31N3O2/c1-5-15(6-2,11-16)13(19)17-7-8-18-9-10-20-12-14(18,3)4/h5-12,16H2,1-4H3,(H,17,19). The molecule has 0 radical (unpaired) electrons. The monoisotopic (exact) mass is 285 g/mol. The quantitative estimate of drug-likeness (QED) is 0.732. The van der Waals surface area contributed by atoms with E-state index in [1.807, 2.05) is 13.8 Å². The Morgan fingerprint density at radius 2 is 2.05 bits per heavy atom. The third-order valence-corrected chi connectivity index (χ3v) is 4.71. The van der Waals surface area contributed by atoms with Crippen molar-refractivity contribution in [3.8, 4) is 0 Å². The summed E-state index contributed by atoms with van der Waals surface area (Å²) in [5, 5.41) is 3.06. The van der Waals surface area contributed by atoms with Crippen molar-refractivity contribution in [2.24, 2.45) is 11.1 Å². The molecule has 1 saturated heterocycles. The number of hydrogen-bond acceptors (Lipinski definition) is 4. The first-order valence-electron chi connectivity index (χ1n) is 7.73. The zero-order chi connectivity index (χ0) is 15.2. The average Bonchev–Trinajstić information content (AvgIpc) is 2.43. The van der Waals surface area contributed by atoms with Gasteiger partial charge in [-0.3, -0.25) is 9.69 Å². The number of rotatable bonds is 7. The molecule has 0 saturated carbocycles. The van der Waals surface area contributed by atoms with Gasteiger partial charge in [0.25, 0.3) is 0 Å². The minimum atomic E-state index is -0.402.